The molecule has 0 bridgehead atoms. The molecule has 0 aliphatic rings. The molecule has 1 aromatic heterocycles. The molecule has 2 rings (SSSR count). The highest BCUT2D eigenvalue weighted by molar-refractivity contribution is 9.10. The van der Waals surface area contributed by atoms with Gasteiger partial charge in [0.2, 0.25) is 10.0 Å². The predicted octanol–water partition coefficient (Wildman–Crippen LogP) is 1.96. The third kappa shape index (κ3) is 2.98. The molecule has 18 heavy (non-hydrogen) atoms. The summed E-state index contributed by atoms with van der Waals surface area (Å²) in [6.45, 7) is 1.91. The summed E-state index contributed by atoms with van der Waals surface area (Å²) in [6, 6.07) is 7.47. The number of halogens is 1. The van der Waals surface area contributed by atoms with Crippen LogP contribution in [0.15, 0.2) is 39.8 Å². The molecule has 0 radical (unpaired) electrons. The molecule has 0 aliphatic heterocycles. The normalized spacial score (nSPS) is 11.7. The lowest BCUT2D eigenvalue weighted by molar-refractivity contribution is 0.581. The average molecular weight is 330 g/mol. The maximum Gasteiger partial charge on any atom is 0.244 e. The number of aromatic amines is 1. The Morgan fingerprint density at radius 3 is 2.83 bits per heavy atom. The number of nitrogens with one attached hydrogen (secondary N) is 2. The Kier molecular flexibility index (Phi) is 3.84. The fourth-order valence-electron chi connectivity index (χ4n) is 1.51. The standard InChI is InChI=1S/C11H12BrN3O2S/c1-8-11(7-13-15-8)18(16,17)14-6-9-3-2-4-10(12)5-9/h2-5,7,14H,6H2,1H3,(H,13,15). The van der Waals surface area contributed by atoms with E-state index < -0.39 is 10.0 Å². The van der Waals surface area contributed by atoms with Crippen molar-refractivity contribution in [3.63, 3.8) is 0 Å². The van der Waals surface area contributed by atoms with Crippen LogP contribution in [0, 0.1) is 6.92 Å². The van der Waals surface area contributed by atoms with Gasteiger partial charge in [-0.05, 0) is 24.6 Å². The summed E-state index contributed by atoms with van der Waals surface area (Å²) in [6.07, 6.45) is 1.30. The number of aromatic nitrogens is 2. The maximum atomic E-state index is 12.0. The molecule has 5 nitrogen and oxygen atoms in total. The van der Waals surface area contributed by atoms with Gasteiger partial charge in [0.05, 0.1) is 11.9 Å². The van der Waals surface area contributed by atoms with Crippen LogP contribution in [0.1, 0.15) is 11.3 Å². The number of aryl methyl sites for hydroxylation is 1. The van der Waals surface area contributed by atoms with Crippen molar-refractivity contribution in [1.82, 2.24) is 14.9 Å². The van der Waals surface area contributed by atoms with Crippen molar-refractivity contribution in [2.24, 2.45) is 0 Å². The Balaban J connectivity index is 2.13. The van der Waals surface area contributed by atoms with Gasteiger partial charge in [0.1, 0.15) is 4.90 Å². The Labute approximate surface area is 114 Å². The molecular weight excluding hydrogens is 318 g/mol. The molecule has 0 saturated carbocycles. The third-order valence-corrected chi connectivity index (χ3v) is 4.44. The molecule has 2 aromatic rings. The number of benzene rings is 1. The SMILES string of the molecule is Cc1[nH]ncc1S(=O)(=O)NCc1cccc(Br)c1. The number of hydrogen-bond acceptors (Lipinski definition) is 3. The van der Waals surface area contributed by atoms with Crippen molar-refractivity contribution in [2.45, 2.75) is 18.4 Å². The molecule has 0 saturated heterocycles. The second-order valence-electron chi connectivity index (χ2n) is 3.81. The molecule has 7 heteroatoms. The van der Waals surface area contributed by atoms with E-state index in [1.807, 2.05) is 24.3 Å². The molecular formula is C11H12BrN3O2S. The van der Waals surface area contributed by atoms with Crippen LogP contribution in [-0.2, 0) is 16.6 Å². The molecule has 0 unspecified atom stereocenters. The van der Waals surface area contributed by atoms with Gasteiger partial charge >= 0.3 is 0 Å². The lowest BCUT2D eigenvalue weighted by Gasteiger charge is -2.06. The van der Waals surface area contributed by atoms with Crippen molar-refractivity contribution in [1.29, 1.82) is 0 Å². The van der Waals surface area contributed by atoms with Crippen LogP contribution in [0.3, 0.4) is 0 Å². The summed E-state index contributed by atoms with van der Waals surface area (Å²) in [5.74, 6) is 0. The zero-order chi connectivity index (χ0) is 13.2. The van der Waals surface area contributed by atoms with Gasteiger partial charge in [-0.3, -0.25) is 5.10 Å². The van der Waals surface area contributed by atoms with E-state index in [-0.39, 0.29) is 11.4 Å². The largest absolute Gasteiger partial charge is 0.281 e. The van der Waals surface area contributed by atoms with E-state index in [4.69, 9.17) is 0 Å². The minimum atomic E-state index is -3.52. The third-order valence-electron chi connectivity index (χ3n) is 2.43. The zero-order valence-corrected chi connectivity index (χ0v) is 12.0. The van der Waals surface area contributed by atoms with E-state index in [9.17, 15) is 8.42 Å². The molecule has 0 amide bonds. The first-order chi connectivity index (χ1) is 8.49. The Bertz CT molecular complexity index is 652. The van der Waals surface area contributed by atoms with Gasteiger partial charge in [0.25, 0.3) is 0 Å². The van der Waals surface area contributed by atoms with Crippen LogP contribution in [0.25, 0.3) is 0 Å². The van der Waals surface area contributed by atoms with E-state index in [0.29, 0.717) is 5.69 Å². The van der Waals surface area contributed by atoms with E-state index in [2.05, 4.69) is 30.8 Å². The minimum Gasteiger partial charge on any atom is -0.281 e. The Morgan fingerprint density at radius 2 is 2.22 bits per heavy atom. The van der Waals surface area contributed by atoms with Gasteiger partial charge in [0, 0.05) is 11.0 Å². The van der Waals surface area contributed by atoms with E-state index in [1.165, 1.54) is 6.20 Å². The summed E-state index contributed by atoms with van der Waals surface area (Å²) in [5.41, 5.74) is 1.41. The zero-order valence-electron chi connectivity index (χ0n) is 9.64. The van der Waals surface area contributed by atoms with Gasteiger partial charge in [0.15, 0.2) is 0 Å². The second kappa shape index (κ2) is 5.21. The van der Waals surface area contributed by atoms with E-state index >= 15 is 0 Å². The quantitative estimate of drug-likeness (QED) is 0.900. The molecule has 2 N–H and O–H groups in total. The first-order valence-electron chi connectivity index (χ1n) is 5.23. The number of nitrogens with zero attached hydrogens (tertiary/aromatic N) is 1. The van der Waals surface area contributed by atoms with Gasteiger partial charge in [-0.15, -0.1) is 0 Å². The topological polar surface area (TPSA) is 74.8 Å². The van der Waals surface area contributed by atoms with Gasteiger partial charge in [-0.2, -0.15) is 5.10 Å². The highest BCUT2D eigenvalue weighted by Gasteiger charge is 2.17. The van der Waals surface area contributed by atoms with Gasteiger partial charge in [-0.1, -0.05) is 28.1 Å². The van der Waals surface area contributed by atoms with Crippen molar-refractivity contribution >= 4 is 26.0 Å². The summed E-state index contributed by atoms with van der Waals surface area (Å²) in [7, 11) is -3.52. The molecule has 0 spiro atoms. The van der Waals surface area contributed by atoms with Crippen molar-refractivity contribution in [2.75, 3.05) is 0 Å². The molecule has 1 heterocycles. The molecule has 0 fully saturated rings. The number of rotatable bonds is 4. The highest BCUT2D eigenvalue weighted by atomic mass is 79.9. The minimum absolute atomic E-state index is 0.178. The second-order valence-corrected chi connectivity index (χ2v) is 6.46. The first kappa shape index (κ1) is 13.3. The molecule has 96 valence electrons. The lowest BCUT2D eigenvalue weighted by Crippen LogP contribution is -2.23. The summed E-state index contributed by atoms with van der Waals surface area (Å²) in [5, 5.41) is 6.31. The van der Waals surface area contributed by atoms with Gasteiger partial charge in [-0.25, -0.2) is 13.1 Å². The average Bonchev–Trinajstić information content (AvgIpc) is 2.74. The predicted molar refractivity (Wildman–Crippen MR) is 71.5 cm³/mol. The van der Waals surface area contributed by atoms with Crippen molar-refractivity contribution in [3.05, 3.63) is 46.2 Å². The number of hydrogen-bond donors (Lipinski definition) is 2. The Hall–Kier alpha value is -1.18. The highest BCUT2D eigenvalue weighted by Crippen LogP contribution is 2.14. The number of sulfonamides is 1. The summed E-state index contributed by atoms with van der Waals surface area (Å²) < 4.78 is 27.4. The maximum absolute atomic E-state index is 12.0. The fourth-order valence-corrected chi connectivity index (χ4v) is 3.11. The molecule has 0 atom stereocenters. The first-order valence-corrected chi connectivity index (χ1v) is 7.51. The smallest absolute Gasteiger partial charge is 0.244 e. The summed E-state index contributed by atoms with van der Waals surface area (Å²) >= 11 is 3.34. The van der Waals surface area contributed by atoms with Crippen molar-refractivity contribution < 1.29 is 8.42 Å². The van der Waals surface area contributed by atoms with Crippen LogP contribution in [-0.4, -0.2) is 18.6 Å². The van der Waals surface area contributed by atoms with Crippen LogP contribution in [0.5, 0.6) is 0 Å². The summed E-state index contributed by atoms with van der Waals surface area (Å²) in [4.78, 5) is 0.178. The van der Waals surface area contributed by atoms with E-state index in [0.717, 1.165) is 10.0 Å². The molecule has 0 aliphatic carbocycles. The van der Waals surface area contributed by atoms with Gasteiger partial charge < -0.3 is 0 Å². The monoisotopic (exact) mass is 329 g/mol. The van der Waals surface area contributed by atoms with Crippen molar-refractivity contribution in [3.8, 4) is 0 Å². The lowest BCUT2D eigenvalue weighted by atomic mass is 10.2. The number of H-pyrrole nitrogens is 1. The Morgan fingerprint density at radius 1 is 1.44 bits per heavy atom. The van der Waals surface area contributed by atoms with Crippen LogP contribution in [0.4, 0.5) is 0 Å². The van der Waals surface area contributed by atoms with Crippen LogP contribution < -0.4 is 4.72 Å². The van der Waals surface area contributed by atoms with E-state index in [1.54, 1.807) is 6.92 Å². The fraction of sp³-hybridized carbons (Fsp3) is 0.182. The van der Waals surface area contributed by atoms with Crippen LogP contribution >= 0.6 is 15.9 Å². The molecule has 1 aromatic carbocycles. The van der Waals surface area contributed by atoms with Crippen LogP contribution in [0.2, 0.25) is 0 Å².